The van der Waals surface area contributed by atoms with E-state index in [1.807, 2.05) is 20.8 Å². The van der Waals surface area contributed by atoms with Crippen molar-refractivity contribution in [1.29, 1.82) is 0 Å². The van der Waals surface area contributed by atoms with Crippen LogP contribution in [0.3, 0.4) is 0 Å². The van der Waals surface area contributed by atoms with E-state index < -0.39 is 5.60 Å². The molecule has 2 bridgehead atoms. The summed E-state index contributed by atoms with van der Waals surface area (Å²) in [7, 11) is 0. The van der Waals surface area contributed by atoms with Crippen molar-refractivity contribution in [3.8, 4) is 0 Å². The van der Waals surface area contributed by atoms with Gasteiger partial charge < -0.3 is 9.64 Å². The van der Waals surface area contributed by atoms with Crippen molar-refractivity contribution in [2.45, 2.75) is 39.0 Å². The van der Waals surface area contributed by atoms with Crippen molar-refractivity contribution in [3.63, 3.8) is 0 Å². The molecule has 6 heteroatoms. The number of carbonyl (C=O) groups is 2. The highest BCUT2D eigenvalue weighted by Crippen LogP contribution is 2.35. The van der Waals surface area contributed by atoms with Gasteiger partial charge in [-0.2, -0.15) is 0 Å². The van der Waals surface area contributed by atoms with Crippen LogP contribution < -0.4 is 0 Å². The van der Waals surface area contributed by atoms with E-state index in [0.717, 1.165) is 6.42 Å². The number of hydrogen-bond donors (Lipinski definition) is 0. The summed E-state index contributed by atoms with van der Waals surface area (Å²) in [5.41, 5.74) is -0.514. The van der Waals surface area contributed by atoms with E-state index in [2.05, 4.69) is 0 Å². The van der Waals surface area contributed by atoms with Crippen LogP contribution in [0.5, 0.6) is 0 Å². The number of nitrogens with zero attached hydrogens (tertiary/aromatic N) is 2. The second-order valence-corrected chi connectivity index (χ2v) is 6.16. The van der Waals surface area contributed by atoms with Gasteiger partial charge in [0.15, 0.2) is 0 Å². The standard InChI is InChI=1S/C12H19ClN2O3/c1-12(2,3)18-11(17)15-7-8-4-9(15)14(6-8)10(16)5-13/h8-9H,4-7H2,1-3H3. The third kappa shape index (κ3) is 2.55. The van der Waals surface area contributed by atoms with Crippen LogP contribution in [0.25, 0.3) is 0 Å². The summed E-state index contributed by atoms with van der Waals surface area (Å²) in [6.45, 7) is 6.88. The van der Waals surface area contributed by atoms with Crippen molar-refractivity contribution < 1.29 is 14.3 Å². The molecule has 2 fully saturated rings. The molecular weight excluding hydrogens is 256 g/mol. The molecule has 2 heterocycles. The number of hydrogen-bond acceptors (Lipinski definition) is 3. The number of alkyl halides is 1. The smallest absolute Gasteiger partial charge is 0.411 e. The molecule has 0 N–H and O–H groups in total. The number of ether oxygens (including phenoxy) is 1. The van der Waals surface area contributed by atoms with Crippen LogP contribution in [0, 0.1) is 5.92 Å². The minimum absolute atomic E-state index is 0.0363. The molecule has 0 aromatic rings. The minimum atomic E-state index is -0.514. The highest BCUT2D eigenvalue weighted by atomic mass is 35.5. The van der Waals surface area contributed by atoms with Gasteiger partial charge in [-0.25, -0.2) is 4.79 Å². The zero-order valence-electron chi connectivity index (χ0n) is 11.0. The van der Waals surface area contributed by atoms with Gasteiger partial charge in [-0.3, -0.25) is 9.69 Å². The topological polar surface area (TPSA) is 49.9 Å². The van der Waals surface area contributed by atoms with Gasteiger partial charge in [-0.15, -0.1) is 11.6 Å². The Balaban J connectivity index is 2.04. The SMILES string of the molecule is CC(C)(C)OC(=O)N1CC2CC1N(C(=O)CCl)C2. The fourth-order valence-electron chi connectivity index (χ4n) is 2.59. The maximum absolute atomic E-state index is 12.0. The lowest BCUT2D eigenvalue weighted by atomic mass is 10.1. The van der Waals surface area contributed by atoms with Crippen LogP contribution in [0.2, 0.25) is 0 Å². The van der Waals surface area contributed by atoms with Gasteiger partial charge in [0.25, 0.3) is 0 Å². The van der Waals surface area contributed by atoms with Gasteiger partial charge in [0, 0.05) is 13.1 Å². The van der Waals surface area contributed by atoms with E-state index in [1.54, 1.807) is 9.80 Å². The summed E-state index contributed by atoms with van der Waals surface area (Å²) in [6.07, 6.45) is 0.320. The van der Waals surface area contributed by atoms with Gasteiger partial charge in [0.2, 0.25) is 5.91 Å². The fourth-order valence-corrected chi connectivity index (χ4v) is 2.74. The van der Waals surface area contributed by atoms with Crippen LogP contribution in [0.4, 0.5) is 4.79 Å². The summed E-state index contributed by atoms with van der Waals surface area (Å²) < 4.78 is 5.35. The van der Waals surface area contributed by atoms with Crippen LogP contribution >= 0.6 is 11.6 Å². The first kappa shape index (κ1) is 13.5. The molecule has 0 saturated carbocycles. The molecule has 2 saturated heterocycles. The Hall–Kier alpha value is -0.970. The van der Waals surface area contributed by atoms with Crippen molar-refractivity contribution >= 4 is 23.6 Å². The molecule has 2 unspecified atom stereocenters. The van der Waals surface area contributed by atoms with Crippen molar-refractivity contribution in [2.75, 3.05) is 19.0 Å². The van der Waals surface area contributed by atoms with Gasteiger partial charge >= 0.3 is 6.09 Å². The number of fused-ring (bicyclic) bond motifs is 2. The molecule has 0 aromatic carbocycles. The Labute approximate surface area is 112 Å². The number of rotatable bonds is 1. The lowest BCUT2D eigenvalue weighted by Gasteiger charge is -2.36. The molecule has 2 aliphatic rings. The van der Waals surface area contributed by atoms with Crippen LogP contribution in [-0.2, 0) is 9.53 Å². The molecule has 0 radical (unpaired) electrons. The summed E-state index contributed by atoms with van der Waals surface area (Å²) >= 11 is 5.58. The van der Waals surface area contributed by atoms with Gasteiger partial charge in [-0.05, 0) is 33.1 Å². The number of likely N-dealkylation sites (tertiary alicyclic amines) is 2. The number of halogens is 1. The molecule has 2 atom stereocenters. The lowest BCUT2D eigenvalue weighted by molar-refractivity contribution is -0.133. The Morgan fingerprint density at radius 3 is 2.39 bits per heavy atom. The maximum Gasteiger partial charge on any atom is 0.411 e. The first-order valence-electron chi connectivity index (χ1n) is 6.17. The number of amides is 2. The van der Waals surface area contributed by atoms with Gasteiger partial charge in [0.05, 0.1) is 0 Å². The van der Waals surface area contributed by atoms with Gasteiger partial charge in [0.1, 0.15) is 17.6 Å². The molecule has 0 aliphatic carbocycles. The second kappa shape index (κ2) is 4.61. The molecular formula is C12H19ClN2O3. The Bertz CT molecular complexity index is 367. The first-order chi connectivity index (χ1) is 8.31. The summed E-state index contributed by atoms with van der Waals surface area (Å²) in [6, 6.07) is 0. The average Bonchev–Trinajstić information content (AvgIpc) is 2.84. The summed E-state index contributed by atoms with van der Waals surface area (Å²) in [4.78, 5) is 27.0. The van der Waals surface area contributed by atoms with E-state index >= 15 is 0 Å². The van der Waals surface area contributed by atoms with Crippen LogP contribution in [-0.4, -0.2) is 52.5 Å². The zero-order valence-corrected chi connectivity index (χ0v) is 11.7. The predicted molar refractivity (Wildman–Crippen MR) is 67.3 cm³/mol. The van der Waals surface area contributed by atoms with E-state index in [4.69, 9.17) is 16.3 Å². The zero-order chi connectivity index (χ0) is 13.5. The van der Waals surface area contributed by atoms with Crippen molar-refractivity contribution in [3.05, 3.63) is 0 Å². The highest BCUT2D eigenvalue weighted by Gasteiger charge is 2.48. The largest absolute Gasteiger partial charge is 0.444 e. The van der Waals surface area contributed by atoms with E-state index in [-0.39, 0.29) is 24.0 Å². The molecule has 0 spiro atoms. The first-order valence-corrected chi connectivity index (χ1v) is 6.70. The second-order valence-electron chi connectivity index (χ2n) is 5.89. The Kier molecular flexibility index (Phi) is 3.45. The molecule has 102 valence electrons. The number of carbonyl (C=O) groups excluding carboxylic acids is 2. The third-order valence-corrected chi connectivity index (χ3v) is 3.46. The Morgan fingerprint density at radius 2 is 1.89 bits per heavy atom. The van der Waals surface area contributed by atoms with Crippen molar-refractivity contribution in [1.82, 2.24) is 9.80 Å². The third-order valence-electron chi connectivity index (χ3n) is 3.24. The minimum Gasteiger partial charge on any atom is -0.444 e. The van der Waals surface area contributed by atoms with Gasteiger partial charge in [-0.1, -0.05) is 0 Å². The molecule has 5 nitrogen and oxygen atoms in total. The monoisotopic (exact) mass is 274 g/mol. The lowest BCUT2D eigenvalue weighted by Crippen LogP contribution is -2.53. The molecule has 2 rings (SSSR count). The fraction of sp³-hybridized carbons (Fsp3) is 0.833. The molecule has 18 heavy (non-hydrogen) atoms. The summed E-state index contributed by atoms with van der Waals surface area (Å²) in [5, 5.41) is 0. The Morgan fingerprint density at radius 1 is 1.28 bits per heavy atom. The van der Waals surface area contributed by atoms with E-state index in [9.17, 15) is 9.59 Å². The van der Waals surface area contributed by atoms with E-state index in [0.29, 0.717) is 19.0 Å². The summed E-state index contributed by atoms with van der Waals surface area (Å²) in [5.74, 6) is 0.206. The molecule has 2 aliphatic heterocycles. The predicted octanol–water partition coefficient (Wildman–Crippen LogP) is 1.65. The van der Waals surface area contributed by atoms with Crippen LogP contribution in [0.15, 0.2) is 0 Å². The van der Waals surface area contributed by atoms with Crippen molar-refractivity contribution in [2.24, 2.45) is 5.92 Å². The highest BCUT2D eigenvalue weighted by molar-refractivity contribution is 6.27. The molecule has 2 amide bonds. The maximum atomic E-state index is 12.0. The van der Waals surface area contributed by atoms with E-state index in [1.165, 1.54) is 0 Å². The molecule has 0 aromatic heterocycles. The normalized spacial score (nSPS) is 26.7. The average molecular weight is 275 g/mol. The van der Waals surface area contributed by atoms with Crippen LogP contribution in [0.1, 0.15) is 27.2 Å². The quantitative estimate of drug-likeness (QED) is 0.683.